The molecule has 4 rings (SSSR count). The van der Waals surface area contributed by atoms with E-state index < -0.39 is 5.41 Å². The lowest BCUT2D eigenvalue weighted by Crippen LogP contribution is -2.34. The van der Waals surface area contributed by atoms with Crippen molar-refractivity contribution in [1.29, 1.82) is 0 Å². The number of fused-ring (bicyclic) bond motifs is 1. The van der Waals surface area contributed by atoms with E-state index in [1.807, 2.05) is 13.1 Å². The maximum absolute atomic E-state index is 13.3. The zero-order valence-corrected chi connectivity index (χ0v) is 19.5. The van der Waals surface area contributed by atoms with Crippen LogP contribution in [0.4, 0.5) is 0 Å². The monoisotopic (exact) mass is 417 g/mol. The van der Waals surface area contributed by atoms with E-state index in [-0.39, 0.29) is 0 Å². The Morgan fingerprint density at radius 3 is 2.58 bits per heavy atom. The van der Waals surface area contributed by atoms with Crippen molar-refractivity contribution in [1.82, 2.24) is 15.3 Å². The van der Waals surface area contributed by atoms with Gasteiger partial charge in [-0.3, -0.25) is 9.78 Å². The zero-order chi connectivity index (χ0) is 22.2. The van der Waals surface area contributed by atoms with E-state index in [0.717, 1.165) is 54.0 Å². The molecule has 0 atom stereocenters. The summed E-state index contributed by atoms with van der Waals surface area (Å²) in [6, 6.07) is 10.7. The molecule has 1 saturated heterocycles. The normalized spacial score (nSPS) is 15.7. The first-order chi connectivity index (χ1) is 14.8. The lowest BCUT2D eigenvalue weighted by molar-refractivity contribution is -0.124. The number of aryl methyl sites for hydroxylation is 1. The van der Waals surface area contributed by atoms with Crippen LogP contribution in [0.2, 0.25) is 0 Å². The van der Waals surface area contributed by atoms with Gasteiger partial charge in [0.1, 0.15) is 5.78 Å². The lowest BCUT2D eigenvalue weighted by atomic mass is 9.76. The quantitative estimate of drug-likeness (QED) is 0.525. The predicted molar refractivity (Wildman–Crippen MR) is 129 cm³/mol. The highest BCUT2D eigenvalue weighted by atomic mass is 16.1. The highest BCUT2D eigenvalue weighted by molar-refractivity contribution is 5.95. The molecular weight excluding hydrogens is 382 g/mol. The molecule has 1 aliphatic rings. The summed E-state index contributed by atoms with van der Waals surface area (Å²) in [5.41, 5.74) is 6.38. The van der Waals surface area contributed by atoms with Gasteiger partial charge in [0, 0.05) is 40.2 Å². The van der Waals surface area contributed by atoms with Crippen molar-refractivity contribution in [2.75, 3.05) is 13.1 Å². The summed E-state index contributed by atoms with van der Waals surface area (Å²) in [4.78, 5) is 21.3. The fourth-order valence-corrected chi connectivity index (χ4v) is 4.89. The minimum Gasteiger partial charge on any atom is -0.354 e. The molecule has 0 saturated carbocycles. The molecule has 2 aromatic heterocycles. The Hall–Kier alpha value is -2.46. The fraction of sp³-hybridized carbons (Fsp3) is 0.481. The van der Waals surface area contributed by atoms with Gasteiger partial charge in [0.15, 0.2) is 0 Å². The molecule has 4 nitrogen and oxygen atoms in total. The number of nitrogens with one attached hydrogen (secondary N) is 2. The fourth-order valence-electron chi connectivity index (χ4n) is 4.89. The minimum atomic E-state index is -0.488. The summed E-state index contributed by atoms with van der Waals surface area (Å²) >= 11 is 0. The standard InChI is InChI=1S/C27H35N3O/c1-17(2)25-22-16-21(27(4,5)24(31)15-19-8-11-28-12-9-19)6-7-23(22)30-26(25)20-10-13-29-18(3)14-20/h6-7,10,13-14,16-17,19,28,30H,8-9,11-12,15H2,1-5H3. The summed E-state index contributed by atoms with van der Waals surface area (Å²) in [5, 5.41) is 4.62. The molecule has 2 N–H and O–H groups in total. The molecule has 0 aliphatic carbocycles. The maximum Gasteiger partial charge on any atom is 0.143 e. The van der Waals surface area contributed by atoms with E-state index in [4.69, 9.17) is 0 Å². The van der Waals surface area contributed by atoms with Gasteiger partial charge in [-0.25, -0.2) is 0 Å². The molecule has 0 spiro atoms. The van der Waals surface area contributed by atoms with Gasteiger partial charge in [-0.2, -0.15) is 0 Å². The van der Waals surface area contributed by atoms with Crippen LogP contribution < -0.4 is 5.32 Å². The Morgan fingerprint density at radius 2 is 1.90 bits per heavy atom. The predicted octanol–water partition coefficient (Wildman–Crippen LogP) is 5.90. The van der Waals surface area contributed by atoms with Crippen LogP contribution in [0.5, 0.6) is 0 Å². The average Bonchev–Trinajstić information content (AvgIpc) is 3.13. The van der Waals surface area contributed by atoms with Gasteiger partial charge in [0.05, 0.1) is 5.69 Å². The molecule has 3 heterocycles. The average molecular weight is 418 g/mol. The largest absolute Gasteiger partial charge is 0.354 e. The Bertz CT molecular complexity index is 1090. The van der Waals surface area contributed by atoms with Crippen LogP contribution in [0.1, 0.15) is 69.7 Å². The number of rotatable bonds is 6. The summed E-state index contributed by atoms with van der Waals surface area (Å²) in [6.45, 7) is 12.7. The topological polar surface area (TPSA) is 57.8 Å². The number of carbonyl (C=O) groups excluding carboxylic acids is 1. The van der Waals surface area contributed by atoms with Gasteiger partial charge in [0.25, 0.3) is 0 Å². The van der Waals surface area contributed by atoms with Crippen LogP contribution in [0.3, 0.4) is 0 Å². The van der Waals surface area contributed by atoms with Crippen LogP contribution in [0.15, 0.2) is 36.5 Å². The third-order valence-corrected chi connectivity index (χ3v) is 6.95. The summed E-state index contributed by atoms with van der Waals surface area (Å²) in [7, 11) is 0. The van der Waals surface area contributed by atoms with Gasteiger partial charge in [-0.1, -0.05) is 19.9 Å². The van der Waals surface area contributed by atoms with Crippen LogP contribution in [-0.4, -0.2) is 28.8 Å². The van der Waals surface area contributed by atoms with E-state index in [9.17, 15) is 4.79 Å². The maximum atomic E-state index is 13.3. The van der Waals surface area contributed by atoms with E-state index in [0.29, 0.717) is 24.0 Å². The van der Waals surface area contributed by atoms with E-state index in [1.54, 1.807) is 0 Å². The van der Waals surface area contributed by atoms with Crippen LogP contribution in [0, 0.1) is 12.8 Å². The number of piperidine rings is 1. The Morgan fingerprint density at radius 1 is 1.16 bits per heavy atom. The Kier molecular flexibility index (Phi) is 6.02. The van der Waals surface area contributed by atoms with E-state index in [1.165, 1.54) is 10.9 Å². The molecule has 31 heavy (non-hydrogen) atoms. The molecule has 4 heteroatoms. The number of hydrogen-bond donors (Lipinski definition) is 2. The first-order valence-electron chi connectivity index (χ1n) is 11.6. The zero-order valence-electron chi connectivity index (χ0n) is 19.5. The molecule has 1 fully saturated rings. The molecule has 164 valence electrons. The number of hydrogen-bond acceptors (Lipinski definition) is 3. The first kappa shape index (κ1) is 21.8. The number of pyridine rings is 1. The highest BCUT2D eigenvalue weighted by Crippen LogP contribution is 2.38. The molecule has 1 aliphatic heterocycles. The van der Waals surface area contributed by atoms with Crippen LogP contribution in [-0.2, 0) is 10.2 Å². The number of benzene rings is 1. The summed E-state index contributed by atoms with van der Waals surface area (Å²) in [5.74, 6) is 1.23. The number of aromatic nitrogens is 2. The summed E-state index contributed by atoms with van der Waals surface area (Å²) < 4.78 is 0. The number of H-pyrrole nitrogens is 1. The molecule has 0 bridgehead atoms. The lowest BCUT2D eigenvalue weighted by Gasteiger charge is -2.28. The molecule has 3 aromatic rings. The second kappa shape index (κ2) is 8.58. The highest BCUT2D eigenvalue weighted by Gasteiger charge is 2.32. The number of ketones is 1. The van der Waals surface area contributed by atoms with Crippen molar-refractivity contribution < 1.29 is 4.79 Å². The van der Waals surface area contributed by atoms with Crippen molar-refractivity contribution in [3.63, 3.8) is 0 Å². The smallest absolute Gasteiger partial charge is 0.143 e. The van der Waals surface area contributed by atoms with E-state index in [2.05, 4.69) is 73.3 Å². The van der Waals surface area contributed by atoms with Gasteiger partial charge in [-0.15, -0.1) is 0 Å². The van der Waals surface area contributed by atoms with Gasteiger partial charge in [-0.05, 0) is 93.9 Å². The van der Waals surface area contributed by atoms with Crippen LogP contribution in [0.25, 0.3) is 22.2 Å². The second-order valence-electron chi connectivity index (χ2n) is 9.96. The van der Waals surface area contributed by atoms with Crippen molar-refractivity contribution in [2.24, 2.45) is 5.92 Å². The third-order valence-electron chi connectivity index (χ3n) is 6.95. The molecule has 1 aromatic carbocycles. The van der Waals surface area contributed by atoms with Crippen molar-refractivity contribution in [2.45, 2.75) is 65.2 Å². The van der Waals surface area contributed by atoms with Gasteiger partial charge in [0.2, 0.25) is 0 Å². The van der Waals surface area contributed by atoms with E-state index >= 15 is 0 Å². The Balaban J connectivity index is 1.72. The number of nitrogens with zero attached hydrogens (tertiary/aromatic N) is 1. The van der Waals surface area contributed by atoms with Crippen molar-refractivity contribution >= 4 is 16.7 Å². The molecule has 0 radical (unpaired) electrons. The first-order valence-corrected chi connectivity index (χ1v) is 11.6. The number of aromatic amines is 1. The van der Waals surface area contributed by atoms with Crippen molar-refractivity contribution in [3.8, 4) is 11.3 Å². The number of Topliss-reactive ketones (excluding diaryl/α,β-unsaturated/α-hetero) is 1. The molecular formula is C27H35N3O. The molecule has 0 amide bonds. The SMILES string of the molecule is Cc1cc(-c2[nH]c3ccc(C(C)(C)C(=O)CC4CCNCC4)cc3c2C(C)C)ccn1. The Labute approximate surface area is 185 Å². The van der Waals surface area contributed by atoms with Crippen molar-refractivity contribution in [3.05, 3.63) is 53.3 Å². The van der Waals surface area contributed by atoms with Gasteiger partial charge >= 0.3 is 0 Å². The second-order valence-corrected chi connectivity index (χ2v) is 9.96. The number of carbonyl (C=O) groups is 1. The van der Waals surface area contributed by atoms with Gasteiger partial charge < -0.3 is 10.3 Å². The minimum absolute atomic E-state index is 0.352. The third kappa shape index (κ3) is 4.31. The van der Waals surface area contributed by atoms with Crippen LogP contribution >= 0.6 is 0 Å². The molecule has 0 unspecified atom stereocenters. The summed E-state index contributed by atoms with van der Waals surface area (Å²) in [6.07, 6.45) is 4.75.